The lowest BCUT2D eigenvalue weighted by molar-refractivity contribution is 0.208. The van der Waals surface area contributed by atoms with Crippen molar-refractivity contribution < 1.29 is 9.84 Å². The van der Waals surface area contributed by atoms with Gasteiger partial charge in [0.2, 0.25) is 0 Å². The third kappa shape index (κ3) is 5.18. The fraction of sp³-hybridized carbons (Fsp3) is 0.190. The molecule has 0 saturated carbocycles. The minimum atomic E-state index is -0.497. The van der Waals surface area contributed by atoms with Crippen LogP contribution >= 0.6 is 23.1 Å². The van der Waals surface area contributed by atoms with E-state index in [1.54, 1.807) is 6.92 Å². The fourth-order valence-electron chi connectivity index (χ4n) is 2.72. The normalized spacial score (nSPS) is 12.1. The Morgan fingerprint density at radius 3 is 2.70 bits per heavy atom. The summed E-state index contributed by atoms with van der Waals surface area (Å²) in [5, 5.41) is 13.8. The average molecular weight is 440 g/mol. The molecule has 4 N–H and O–H groups in total. The molecule has 4 rings (SSSR count). The fourth-order valence-corrected chi connectivity index (χ4v) is 4.24. The minimum absolute atomic E-state index is 0.382. The maximum atomic E-state index is 9.58. The van der Waals surface area contributed by atoms with E-state index in [-0.39, 0.29) is 0 Å². The SMILES string of the molecule is CC(O)CNc1nc(SCc2cccc(Oc3ccccc3)c2)nc2nc(N)sc12. The highest BCUT2D eigenvalue weighted by molar-refractivity contribution is 7.98. The van der Waals surface area contributed by atoms with E-state index in [9.17, 15) is 5.11 Å². The van der Waals surface area contributed by atoms with Crippen LogP contribution in [0.3, 0.4) is 0 Å². The topological polar surface area (TPSA) is 106 Å². The van der Waals surface area contributed by atoms with Gasteiger partial charge in [0.25, 0.3) is 0 Å². The molecule has 4 aromatic rings. The Kier molecular flexibility index (Phi) is 6.32. The summed E-state index contributed by atoms with van der Waals surface area (Å²) in [6, 6.07) is 17.6. The van der Waals surface area contributed by atoms with Gasteiger partial charge in [0.15, 0.2) is 21.8 Å². The van der Waals surface area contributed by atoms with Gasteiger partial charge in [-0.1, -0.05) is 53.4 Å². The molecule has 0 aliphatic carbocycles. The van der Waals surface area contributed by atoms with Crippen molar-refractivity contribution in [3.8, 4) is 11.5 Å². The van der Waals surface area contributed by atoms with Crippen molar-refractivity contribution in [2.24, 2.45) is 0 Å². The van der Waals surface area contributed by atoms with Crippen LogP contribution in [-0.2, 0) is 5.75 Å². The molecular weight excluding hydrogens is 418 g/mol. The molecule has 2 aromatic heterocycles. The van der Waals surface area contributed by atoms with Gasteiger partial charge in [-0.2, -0.15) is 0 Å². The second-order valence-corrected chi connectivity index (χ2v) is 8.61. The number of nitrogens with two attached hydrogens (primary N) is 1. The molecular formula is C21H21N5O2S2. The summed E-state index contributed by atoms with van der Waals surface area (Å²) in [4.78, 5) is 13.4. The van der Waals surface area contributed by atoms with Crippen LogP contribution in [0, 0.1) is 0 Å². The quantitative estimate of drug-likeness (QED) is 0.271. The van der Waals surface area contributed by atoms with E-state index in [1.807, 2.05) is 54.6 Å². The lowest BCUT2D eigenvalue weighted by atomic mass is 10.2. The molecule has 7 nitrogen and oxygen atoms in total. The van der Waals surface area contributed by atoms with Crippen molar-refractivity contribution in [1.82, 2.24) is 15.0 Å². The number of aromatic nitrogens is 3. The van der Waals surface area contributed by atoms with Crippen molar-refractivity contribution in [2.45, 2.75) is 23.9 Å². The zero-order chi connectivity index (χ0) is 20.9. The number of hydrogen-bond acceptors (Lipinski definition) is 9. The van der Waals surface area contributed by atoms with Gasteiger partial charge >= 0.3 is 0 Å². The summed E-state index contributed by atoms with van der Waals surface area (Å²) in [5.41, 5.74) is 7.50. The number of thioether (sulfide) groups is 1. The number of nitrogens with one attached hydrogen (secondary N) is 1. The number of nitrogens with zero attached hydrogens (tertiary/aromatic N) is 3. The Morgan fingerprint density at radius 2 is 1.90 bits per heavy atom. The van der Waals surface area contributed by atoms with Gasteiger partial charge in [0.05, 0.1) is 6.10 Å². The standard InChI is InChI=1S/C21H21N5O2S2/c1-13(27)11-23-18-17-19(24-20(22)30-17)26-21(25-18)29-12-14-6-5-9-16(10-14)28-15-7-3-2-4-8-15/h2-10,13,27H,11-12H2,1H3,(H3,22,23,24,25,26). The molecule has 2 aromatic carbocycles. The summed E-state index contributed by atoms with van der Waals surface area (Å²) in [5.74, 6) is 2.89. The molecule has 2 heterocycles. The van der Waals surface area contributed by atoms with E-state index < -0.39 is 6.10 Å². The second kappa shape index (κ2) is 9.29. The number of fused-ring (bicyclic) bond motifs is 1. The number of ether oxygens (including phenoxy) is 1. The van der Waals surface area contributed by atoms with Crippen LogP contribution in [0.15, 0.2) is 59.8 Å². The lowest BCUT2D eigenvalue weighted by Crippen LogP contribution is -2.16. The summed E-state index contributed by atoms with van der Waals surface area (Å²) in [7, 11) is 0. The van der Waals surface area contributed by atoms with E-state index in [1.165, 1.54) is 23.1 Å². The second-order valence-electron chi connectivity index (χ2n) is 6.64. The van der Waals surface area contributed by atoms with Gasteiger partial charge in [-0.3, -0.25) is 0 Å². The van der Waals surface area contributed by atoms with Crippen LogP contribution in [0.2, 0.25) is 0 Å². The zero-order valence-electron chi connectivity index (χ0n) is 16.3. The van der Waals surface area contributed by atoms with Crippen LogP contribution in [0.4, 0.5) is 10.9 Å². The molecule has 154 valence electrons. The molecule has 0 radical (unpaired) electrons. The Labute approximate surface area is 182 Å². The van der Waals surface area contributed by atoms with Crippen LogP contribution in [0.1, 0.15) is 12.5 Å². The summed E-state index contributed by atoms with van der Waals surface area (Å²) >= 11 is 2.83. The molecule has 0 fully saturated rings. The Morgan fingerprint density at radius 1 is 1.10 bits per heavy atom. The molecule has 0 aliphatic heterocycles. The maximum absolute atomic E-state index is 9.58. The van der Waals surface area contributed by atoms with E-state index in [2.05, 4.69) is 20.3 Å². The van der Waals surface area contributed by atoms with Gasteiger partial charge in [-0.05, 0) is 36.8 Å². The summed E-state index contributed by atoms with van der Waals surface area (Å²) in [6.45, 7) is 2.10. The predicted molar refractivity (Wildman–Crippen MR) is 122 cm³/mol. The first kappa shape index (κ1) is 20.4. The number of para-hydroxylation sites is 1. The van der Waals surface area contributed by atoms with Gasteiger partial charge < -0.3 is 20.9 Å². The van der Waals surface area contributed by atoms with Gasteiger partial charge in [0, 0.05) is 12.3 Å². The number of nitrogen functional groups attached to an aromatic ring is 1. The highest BCUT2D eigenvalue weighted by Crippen LogP contribution is 2.32. The van der Waals surface area contributed by atoms with Gasteiger partial charge in [-0.15, -0.1) is 0 Å². The number of benzene rings is 2. The number of thiazole rings is 1. The van der Waals surface area contributed by atoms with Crippen LogP contribution in [0.5, 0.6) is 11.5 Å². The molecule has 0 amide bonds. The summed E-state index contributed by atoms with van der Waals surface area (Å²) < 4.78 is 6.70. The first-order chi connectivity index (χ1) is 14.6. The number of rotatable bonds is 8. The summed E-state index contributed by atoms with van der Waals surface area (Å²) in [6.07, 6.45) is -0.497. The number of hydrogen-bond donors (Lipinski definition) is 3. The first-order valence-corrected chi connectivity index (χ1v) is 11.2. The Bertz CT molecular complexity index is 1130. The van der Waals surface area contributed by atoms with Gasteiger partial charge in [0.1, 0.15) is 16.2 Å². The Hall–Kier alpha value is -2.88. The number of aliphatic hydroxyl groups is 1. The first-order valence-electron chi connectivity index (χ1n) is 9.37. The highest BCUT2D eigenvalue weighted by atomic mass is 32.2. The van der Waals surface area contributed by atoms with E-state index in [0.717, 1.165) is 21.8 Å². The molecule has 1 unspecified atom stereocenters. The molecule has 0 spiro atoms. The average Bonchev–Trinajstić information content (AvgIpc) is 3.11. The minimum Gasteiger partial charge on any atom is -0.457 e. The number of anilines is 2. The monoisotopic (exact) mass is 439 g/mol. The van der Waals surface area contributed by atoms with E-state index in [0.29, 0.717) is 34.1 Å². The molecule has 1 atom stereocenters. The van der Waals surface area contributed by atoms with Crippen LogP contribution in [-0.4, -0.2) is 32.7 Å². The maximum Gasteiger partial charge on any atom is 0.191 e. The Balaban J connectivity index is 1.50. The highest BCUT2D eigenvalue weighted by Gasteiger charge is 2.13. The van der Waals surface area contributed by atoms with Crippen LogP contribution in [0.25, 0.3) is 10.3 Å². The smallest absolute Gasteiger partial charge is 0.191 e. The zero-order valence-corrected chi connectivity index (χ0v) is 17.9. The van der Waals surface area contributed by atoms with E-state index >= 15 is 0 Å². The molecule has 9 heteroatoms. The van der Waals surface area contributed by atoms with E-state index in [4.69, 9.17) is 10.5 Å². The third-order valence-corrected chi connectivity index (χ3v) is 5.86. The molecule has 0 saturated heterocycles. The van der Waals surface area contributed by atoms with Crippen molar-refractivity contribution in [3.05, 3.63) is 60.2 Å². The van der Waals surface area contributed by atoms with Crippen molar-refractivity contribution in [1.29, 1.82) is 0 Å². The molecule has 0 bridgehead atoms. The number of aliphatic hydroxyl groups excluding tert-OH is 1. The lowest BCUT2D eigenvalue weighted by Gasteiger charge is -2.10. The molecule has 0 aliphatic rings. The molecule has 30 heavy (non-hydrogen) atoms. The van der Waals surface area contributed by atoms with Gasteiger partial charge in [-0.25, -0.2) is 15.0 Å². The van der Waals surface area contributed by atoms with Crippen molar-refractivity contribution >= 4 is 44.4 Å². The van der Waals surface area contributed by atoms with Crippen molar-refractivity contribution in [2.75, 3.05) is 17.6 Å². The third-order valence-electron chi connectivity index (χ3n) is 4.06. The predicted octanol–water partition coefficient (Wildman–Crippen LogP) is 4.55. The largest absolute Gasteiger partial charge is 0.457 e. The van der Waals surface area contributed by atoms with Crippen molar-refractivity contribution in [3.63, 3.8) is 0 Å². The van der Waals surface area contributed by atoms with Crippen LogP contribution < -0.4 is 15.8 Å².